The number of carbonyl (C=O) groups is 1. The van der Waals surface area contributed by atoms with E-state index in [1.54, 1.807) is 11.8 Å². The van der Waals surface area contributed by atoms with Crippen molar-refractivity contribution in [3.8, 4) is 11.5 Å². The molecular weight excluding hydrogens is 342 g/mol. The van der Waals surface area contributed by atoms with E-state index < -0.39 is 6.04 Å². The number of hydrogen-bond acceptors (Lipinski definition) is 4. The Morgan fingerprint density at radius 2 is 2.00 bits per heavy atom. The van der Waals surface area contributed by atoms with E-state index in [9.17, 15) is 4.79 Å². The van der Waals surface area contributed by atoms with Crippen LogP contribution < -0.4 is 14.8 Å². The molecule has 6 heteroatoms. The molecule has 1 heterocycles. The van der Waals surface area contributed by atoms with Crippen molar-refractivity contribution in [1.29, 1.82) is 0 Å². The Morgan fingerprint density at radius 3 is 2.74 bits per heavy atom. The minimum atomic E-state index is -0.409. The summed E-state index contributed by atoms with van der Waals surface area (Å²) in [5.74, 6) is 1.27. The van der Waals surface area contributed by atoms with Crippen LogP contribution in [0.2, 0.25) is 0 Å². The Balaban J connectivity index is 1.72. The van der Waals surface area contributed by atoms with Crippen LogP contribution in [0.1, 0.15) is 31.1 Å². The number of carbonyl (C=O) groups excluding carboxylic acids is 1. The van der Waals surface area contributed by atoms with Gasteiger partial charge in [0, 0.05) is 11.9 Å². The summed E-state index contributed by atoms with van der Waals surface area (Å²) in [6.07, 6.45) is 0. The van der Waals surface area contributed by atoms with Crippen molar-refractivity contribution in [2.24, 2.45) is 0 Å². The van der Waals surface area contributed by atoms with E-state index in [4.69, 9.17) is 9.47 Å². The number of rotatable bonds is 7. The molecule has 27 heavy (non-hydrogen) atoms. The summed E-state index contributed by atoms with van der Waals surface area (Å²) in [7, 11) is 1.60. The fraction of sp³-hybridized carbons (Fsp3) is 0.333. The Bertz CT molecular complexity index is 949. The number of aromatic nitrogens is 2. The second-order valence-electron chi connectivity index (χ2n) is 6.36. The standard InChI is InChI=1S/C21H25N3O3/c1-5-27-19-11-10-16(12-20(19)26-4)13-22-21(25)15(3)24-18-9-7-6-8-17(18)14(2)23-24/h6-12,15H,5,13H2,1-4H3,(H,22,25)/t15-/m1/s1. The molecule has 0 spiro atoms. The van der Waals surface area contributed by atoms with Crippen molar-refractivity contribution >= 4 is 16.8 Å². The number of hydrogen-bond donors (Lipinski definition) is 1. The van der Waals surface area contributed by atoms with E-state index in [1.807, 2.05) is 63.2 Å². The van der Waals surface area contributed by atoms with Gasteiger partial charge in [0.2, 0.25) is 5.91 Å². The van der Waals surface area contributed by atoms with Crippen LogP contribution in [0.25, 0.3) is 10.9 Å². The SMILES string of the molecule is CCOc1ccc(CNC(=O)[C@@H](C)n2nc(C)c3ccccc32)cc1OC. The van der Waals surface area contributed by atoms with Crippen LogP contribution in [0, 0.1) is 6.92 Å². The van der Waals surface area contributed by atoms with Gasteiger partial charge in [0.05, 0.1) is 24.9 Å². The highest BCUT2D eigenvalue weighted by Crippen LogP contribution is 2.28. The lowest BCUT2D eigenvalue weighted by Gasteiger charge is -2.15. The Labute approximate surface area is 159 Å². The van der Waals surface area contributed by atoms with Gasteiger partial charge in [0.1, 0.15) is 6.04 Å². The molecule has 142 valence electrons. The van der Waals surface area contributed by atoms with Gasteiger partial charge in [-0.05, 0) is 44.5 Å². The second-order valence-corrected chi connectivity index (χ2v) is 6.36. The van der Waals surface area contributed by atoms with Gasteiger partial charge in [-0.1, -0.05) is 24.3 Å². The number of nitrogens with one attached hydrogen (secondary N) is 1. The molecule has 0 fully saturated rings. The van der Waals surface area contributed by atoms with Crippen LogP contribution in [0.5, 0.6) is 11.5 Å². The molecule has 0 aliphatic carbocycles. The summed E-state index contributed by atoms with van der Waals surface area (Å²) in [6.45, 7) is 6.71. The van der Waals surface area contributed by atoms with Crippen LogP contribution in [0.15, 0.2) is 42.5 Å². The maximum Gasteiger partial charge on any atom is 0.244 e. The minimum Gasteiger partial charge on any atom is -0.493 e. The van der Waals surface area contributed by atoms with Crippen LogP contribution in [-0.2, 0) is 11.3 Å². The number of benzene rings is 2. The molecule has 2 aromatic carbocycles. The predicted octanol–water partition coefficient (Wildman–Crippen LogP) is 3.63. The first kappa shape index (κ1) is 18.8. The van der Waals surface area contributed by atoms with E-state index in [0.29, 0.717) is 24.7 Å². The van der Waals surface area contributed by atoms with E-state index in [-0.39, 0.29) is 5.91 Å². The first-order valence-electron chi connectivity index (χ1n) is 9.06. The maximum atomic E-state index is 12.7. The molecule has 0 aliphatic heterocycles. The van der Waals surface area contributed by atoms with E-state index in [0.717, 1.165) is 22.2 Å². The van der Waals surface area contributed by atoms with Crippen molar-refractivity contribution < 1.29 is 14.3 Å². The summed E-state index contributed by atoms with van der Waals surface area (Å²) >= 11 is 0. The highest BCUT2D eigenvalue weighted by Gasteiger charge is 2.19. The van der Waals surface area contributed by atoms with Crippen LogP contribution in [-0.4, -0.2) is 29.4 Å². The Morgan fingerprint density at radius 1 is 1.22 bits per heavy atom. The number of fused-ring (bicyclic) bond motifs is 1. The lowest BCUT2D eigenvalue weighted by Crippen LogP contribution is -2.31. The smallest absolute Gasteiger partial charge is 0.244 e. The molecule has 3 rings (SSSR count). The third kappa shape index (κ3) is 3.89. The number of methoxy groups -OCH3 is 1. The van der Waals surface area contributed by atoms with Gasteiger partial charge in [-0.25, -0.2) is 0 Å². The van der Waals surface area contributed by atoms with Crippen molar-refractivity contribution in [2.75, 3.05) is 13.7 Å². The molecule has 0 radical (unpaired) electrons. The van der Waals surface area contributed by atoms with Crippen LogP contribution >= 0.6 is 0 Å². The fourth-order valence-electron chi connectivity index (χ4n) is 3.09. The first-order valence-corrected chi connectivity index (χ1v) is 9.06. The molecule has 1 atom stereocenters. The lowest BCUT2D eigenvalue weighted by molar-refractivity contribution is -0.124. The van der Waals surface area contributed by atoms with Crippen molar-refractivity contribution in [3.05, 3.63) is 53.7 Å². The molecule has 1 aromatic heterocycles. The summed E-state index contributed by atoms with van der Waals surface area (Å²) in [4.78, 5) is 12.7. The lowest BCUT2D eigenvalue weighted by atomic mass is 10.2. The van der Waals surface area contributed by atoms with Gasteiger partial charge in [-0.2, -0.15) is 5.10 Å². The monoisotopic (exact) mass is 367 g/mol. The van der Waals surface area contributed by atoms with E-state index in [1.165, 1.54) is 0 Å². The van der Waals surface area contributed by atoms with Crippen LogP contribution in [0.3, 0.4) is 0 Å². The van der Waals surface area contributed by atoms with Gasteiger partial charge in [0.15, 0.2) is 11.5 Å². The zero-order valence-corrected chi connectivity index (χ0v) is 16.2. The van der Waals surface area contributed by atoms with Crippen molar-refractivity contribution in [1.82, 2.24) is 15.1 Å². The number of para-hydroxylation sites is 1. The zero-order chi connectivity index (χ0) is 19.4. The topological polar surface area (TPSA) is 65.4 Å². The summed E-state index contributed by atoms with van der Waals surface area (Å²) < 4.78 is 12.7. The van der Waals surface area contributed by atoms with Crippen LogP contribution in [0.4, 0.5) is 0 Å². The molecule has 3 aromatic rings. The number of ether oxygens (including phenoxy) is 2. The average molecular weight is 367 g/mol. The molecule has 0 saturated heterocycles. The Hall–Kier alpha value is -3.02. The normalized spacial score (nSPS) is 12.0. The zero-order valence-electron chi connectivity index (χ0n) is 16.2. The molecule has 6 nitrogen and oxygen atoms in total. The van der Waals surface area contributed by atoms with E-state index in [2.05, 4.69) is 10.4 Å². The average Bonchev–Trinajstić information content (AvgIpc) is 3.03. The molecule has 0 unspecified atom stereocenters. The molecule has 1 N–H and O–H groups in total. The third-order valence-electron chi connectivity index (χ3n) is 4.54. The quantitative estimate of drug-likeness (QED) is 0.693. The van der Waals surface area contributed by atoms with Gasteiger partial charge in [-0.3, -0.25) is 9.48 Å². The number of nitrogens with zero attached hydrogens (tertiary/aromatic N) is 2. The third-order valence-corrected chi connectivity index (χ3v) is 4.54. The minimum absolute atomic E-state index is 0.0869. The first-order chi connectivity index (χ1) is 13.0. The summed E-state index contributed by atoms with van der Waals surface area (Å²) in [6, 6.07) is 13.2. The molecular formula is C21H25N3O3. The molecule has 0 saturated carbocycles. The maximum absolute atomic E-state index is 12.7. The Kier molecular flexibility index (Phi) is 5.64. The highest BCUT2D eigenvalue weighted by atomic mass is 16.5. The fourth-order valence-corrected chi connectivity index (χ4v) is 3.09. The highest BCUT2D eigenvalue weighted by molar-refractivity contribution is 5.86. The van der Waals surface area contributed by atoms with Crippen molar-refractivity contribution in [2.45, 2.75) is 33.4 Å². The summed E-state index contributed by atoms with van der Waals surface area (Å²) in [5, 5.41) is 8.59. The number of amides is 1. The van der Waals surface area contributed by atoms with Crippen molar-refractivity contribution in [3.63, 3.8) is 0 Å². The van der Waals surface area contributed by atoms with Gasteiger partial charge in [0.25, 0.3) is 0 Å². The molecule has 1 amide bonds. The van der Waals surface area contributed by atoms with Gasteiger partial charge < -0.3 is 14.8 Å². The second kappa shape index (κ2) is 8.12. The molecule has 0 aliphatic rings. The number of aryl methyl sites for hydroxylation is 1. The van der Waals surface area contributed by atoms with Gasteiger partial charge >= 0.3 is 0 Å². The predicted molar refractivity (Wildman–Crippen MR) is 105 cm³/mol. The largest absolute Gasteiger partial charge is 0.493 e. The van der Waals surface area contributed by atoms with E-state index >= 15 is 0 Å². The summed E-state index contributed by atoms with van der Waals surface area (Å²) in [5.41, 5.74) is 2.82. The molecule has 0 bridgehead atoms. The van der Waals surface area contributed by atoms with Gasteiger partial charge in [-0.15, -0.1) is 0 Å².